The zero-order valence-electron chi connectivity index (χ0n) is 14.4. The molecule has 1 aromatic carbocycles. The van der Waals surface area contributed by atoms with Crippen molar-refractivity contribution < 1.29 is 9.32 Å². The van der Waals surface area contributed by atoms with Crippen LogP contribution < -0.4 is 5.32 Å². The summed E-state index contributed by atoms with van der Waals surface area (Å²) in [4.78, 5) is 21.3. The predicted octanol–water partition coefficient (Wildman–Crippen LogP) is 4.15. The molecule has 0 radical (unpaired) electrons. The van der Waals surface area contributed by atoms with Crippen molar-refractivity contribution in [1.82, 2.24) is 15.1 Å². The summed E-state index contributed by atoms with van der Waals surface area (Å²) in [5.74, 6) is 0.132. The van der Waals surface area contributed by atoms with Gasteiger partial charge in [-0.2, -0.15) is 0 Å². The van der Waals surface area contributed by atoms with Gasteiger partial charge in [0.25, 0.3) is 5.91 Å². The Kier molecular flexibility index (Phi) is 3.93. The van der Waals surface area contributed by atoms with Crippen molar-refractivity contribution in [3.05, 3.63) is 71.6 Å². The van der Waals surface area contributed by atoms with Gasteiger partial charge in [0.2, 0.25) is 5.76 Å². The number of benzene rings is 1. The molecule has 0 saturated carbocycles. The number of rotatable bonds is 3. The number of nitrogens with zero attached hydrogens (tertiary/aromatic N) is 3. The predicted molar refractivity (Wildman–Crippen MR) is 98.9 cm³/mol. The fourth-order valence-electron chi connectivity index (χ4n) is 2.81. The van der Waals surface area contributed by atoms with Crippen LogP contribution >= 0.6 is 0 Å². The second kappa shape index (κ2) is 6.40. The van der Waals surface area contributed by atoms with Crippen LogP contribution in [0.15, 0.2) is 59.1 Å². The number of carbonyl (C=O) groups is 1. The molecule has 0 spiro atoms. The molecule has 26 heavy (non-hydrogen) atoms. The summed E-state index contributed by atoms with van der Waals surface area (Å²) in [6, 6.07) is 16.8. The first-order chi connectivity index (χ1) is 12.6. The molecule has 6 nitrogen and oxygen atoms in total. The minimum absolute atomic E-state index is 0.124. The van der Waals surface area contributed by atoms with Crippen LogP contribution in [0.2, 0.25) is 0 Å². The normalized spacial score (nSPS) is 10.8. The highest BCUT2D eigenvalue weighted by Gasteiger charge is 2.15. The van der Waals surface area contributed by atoms with E-state index in [1.165, 1.54) is 0 Å². The van der Waals surface area contributed by atoms with E-state index in [0.29, 0.717) is 17.2 Å². The van der Waals surface area contributed by atoms with Crippen molar-refractivity contribution in [2.24, 2.45) is 0 Å². The van der Waals surface area contributed by atoms with Crippen LogP contribution in [0.1, 0.15) is 21.8 Å². The maximum atomic E-state index is 12.4. The number of fused-ring (bicyclic) bond motifs is 1. The number of carbonyl (C=O) groups excluding carboxylic acids is 1. The third-order valence-corrected chi connectivity index (χ3v) is 4.05. The van der Waals surface area contributed by atoms with E-state index in [9.17, 15) is 4.79 Å². The van der Waals surface area contributed by atoms with Gasteiger partial charge in [-0.15, -0.1) is 0 Å². The summed E-state index contributed by atoms with van der Waals surface area (Å²) < 4.78 is 5.17. The van der Waals surface area contributed by atoms with E-state index >= 15 is 0 Å². The molecule has 1 amide bonds. The highest BCUT2D eigenvalue weighted by molar-refractivity contribution is 6.02. The Bertz CT molecular complexity index is 1100. The number of amides is 1. The molecule has 4 rings (SSSR count). The molecule has 3 heterocycles. The fraction of sp³-hybridized carbons (Fsp3) is 0.100. The zero-order valence-corrected chi connectivity index (χ0v) is 14.4. The van der Waals surface area contributed by atoms with Gasteiger partial charge in [0.05, 0.1) is 0 Å². The zero-order chi connectivity index (χ0) is 18.1. The average Bonchev–Trinajstić information content (AvgIpc) is 3.12. The molecule has 3 aromatic heterocycles. The maximum absolute atomic E-state index is 12.4. The Hall–Kier alpha value is -3.54. The molecule has 0 aliphatic heterocycles. The standard InChI is InChI=1S/C20H16N4O2/c1-12-10-13(2)21-19-15(12)8-9-18(22-19)23-20(25)17-11-16(24-26-17)14-6-4-3-5-7-14/h3-11H,1-2H3,(H,21,22,23,25). The van der Waals surface area contributed by atoms with E-state index in [2.05, 4.69) is 20.4 Å². The summed E-state index contributed by atoms with van der Waals surface area (Å²) in [7, 11) is 0. The summed E-state index contributed by atoms with van der Waals surface area (Å²) in [6.07, 6.45) is 0. The molecular weight excluding hydrogens is 328 g/mol. The maximum Gasteiger partial charge on any atom is 0.295 e. The van der Waals surface area contributed by atoms with E-state index < -0.39 is 5.91 Å². The van der Waals surface area contributed by atoms with E-state index in [1.54, 1.807) is 12.1 Å². The SMILES string of the molecule is Cc1cc(C)c2ccc(NC(=O)c3cc(-c4ccccc4)no3)nc2n1. The minimum Gasteiger partial charge on any atom is -0.350 e. The summed E-state index contributed by atoms with van der Waals surface area (Å²) in [5, 5.41) is 7.64. The van der Waals surface area contributed by atoms with Crippen LogP contribution in [-0.2, 0) is 0 Å². The molecule has 0 aliphatic carbocycles. The van der Waals surface area contributed by atoms with Gasteiger partial charge in [-0.05, 0) is 37.6 Å². The average molecular weight is 344 g/mol. The van der Waals surface area contributed by atoms with Crippen LogP contribution in [0, 0.1) is 13.8 Å². The quantitative estimate of drug-likeness (QED) is 0.604. The van der Waals surface area contributed by atoms with Crippen molar-refractivity contribution in [2.45, 2.75) is 13.8 Å². The number of aryl methyl sites for hydroxylation is 2. The number of nitrogens with one attached hydrogen (secondary N) is 1. The fourth-order valence-corrected chi connectivity index (χ4v) is 2.81. The first-order valence-electron chi connectivity index (χ1n) is 8.18. The van der Waals surface area contributed by atoms with Crippen molar-refractivity contribution >= 4 is 22.8 Å². The molecule has 4 aromatic rings. The van der Waals surface area contributed by atoms with Crippen LogP contribution in [0.25, 0.3) is 22.3 Å². The second-order valence-electron chi connectivity index (χ2n) is 6.04. The number of aromatic nitrogens is 3. The Morgan fingerprint density at radius 1 is 1.00 bits per heavy atom. The smallest absolute Gasteiger partial charge is 0.295 e. The van der Waals surface area contributed by atoms with Gasteiger partial charge in [-0.3, -0.25) is 4.79 Å². The Balaban J connectivity index is 1.59. The van der Waals surface area contributed by atoms with Crippen LogP contribution in [0.3, 0.4) is 0 Å². The molecule has 6 heteroatoms. The van der Waals surface area contributed by atoms with Gasteiger partial charge < -0.3 is 9.84 Å². The largest absolute Gasteiger partial charge is 0.350 e. The lowest BCUT2D eigenvalue weighted by atomic mass is 10.1. The van der Waals surface area contributed by atoms with Gasteiger partial charge in [0.15, 0.2) is 5.65 Å². The summed E-state index contributed by atoms with van der Waals surface area (Å²) in [5.41, 5.74) is 4.07. The van der Waals surface area contributed by atoms with Crippen molar-refractivity contribution in [1.29, 1.82) is 0 Å². The third kappa shape index (κ3) is 3.04. The van der Waals surface area contributed by atoms with Gasteiger partial charge in [-0.25, -0.2) is 9.97 Å². The first-order valence-corrected chi connectivity index (χ1v) is 8.18. The molecule has 0 unspecified atom stereocenters. The molecular formula is C20H16N4O2. The van der Waals surface area contributed by atoms with E-state index in [4.69, 9.17) is 4.52 Å². The van der Waals surface area contributed by atoms with Crippen LogP contribution in [0.5, 0.6) is 0 Å². The van der Waals surface area contributed by atoms with Crippen LogP contribution in [-0.4, -0.2) is 21.0 Å². The van der Waals surface area contributed by atoms with Crippen molar-refractivity contribution in [3.8, 4) is 11.3 Å². The minimum atomic E-state index is -0.407. The number of anilines is 1. The van der Waals surface area contributed by atoms with E-state index in [1.807, 2.05) is 56.3 Å². The number of hydrogen-bond acceptors (Lipinski definition) is 5. The molecule has 128 valence electrons. The summed E-state index contributed by atoms with van der Waals surface area (Å²) >= 11 is 0. The number of hydrogen-bond donors (Lipinski definition) is 1. The summed E-state index contributed by atoms with van der Waals surface area (Å²) in [6.45, 7) is 3.93. The monoisotopic (exact) mass is 344 g/mol. The number of pyridine rings is 2. The van der Waals surface area contributed by atoms with Gasteiger partial charge in [0.1, 0.15) is 11.5 Å². The van der Waals surface area contributed by atoms with Crippen LogP contribution in [0.4, 0.5) is 5.82 Å². The van der Waals surface area contributed by atoms with Crippen molar-refractivity contribution in [3.63, 3.8) is 0 Å². The molecule has 0 atom stereocenters. The lowest BCUT2D eigenvalue weighted by Crippen LogP contribution is -2.12. The van der Waals surface area contributed by atoms with Gasteiger partial charge in [0, 0.05) is 22.7 Å². The highest BCUT2D eigenvalue weighted by Crippen LogP contribution is 2.21. The highest BCUT2D eigenvalue weighted by atomic mass is 16.5. The van der Waals surface area contributed by atoms with E-state index in [0.717, 1.165) is 22.2 Å². The van der Waals surface area contributed by atoms with Crippen molar-refractivity contribution in [2.75, 3.05) is 5.32 Å². The third-order valence-electron chi connectivity index (χ3n) is 4.05. The molecule has 0 fully saturated rings. The second-order valence-corrected chi connectivity index (χ2v) is 6.04. The Morgan fingerprint density at radius 2 is 1.81 bits per heavy atom. The van der Waals surface area contributed by atoms with E-state index in [-0.39, 0.29) is 5.76 Å². The Labute approximate surface area is 149 Å². The van der Waals surface area contributed by atoms with Gasteiger partial charge in [-0.1, -0.05) is 35.5 Å². The molecule has 0 saturated heterocycles. The molecule has 0 bridgehead atoms. The van der Waals surface area contributed by atoms with Gasteiger partial charge >= 0.3 is 0 Å². The lowest BCUT2D eigenvalue weighted by molar-refractivity contribution is 0.0987. The topological polar surface area (TPSA) is 80.9 Å². The molecule has 1 N–H and O–H groups in total. The molecule has 0 aliphatic rings. The Morgan fingerprint density at radius 3 is 2.62 bits per heavy atom. The lowest BCUT2D eigenvalue weighted by Gasteiger charge is -2.06. The first kappa shape index (κ1) is 16.0.